The van der Waals surface area contributed by atoms with E-state index in [1.165, 1.54) is 80.8 Å². The highest BCUT2D eigenvalue weighted by Gasteiger charge is 2.12. The van der Waals surface area contributed by atoms with Gasteiger partial charge in [0.25, 0.3) is 0 Å². The Balaban J connectivity index is 1.78. The van der Waals surface area contributed by atoms with Crippen molar-refractivity contribution in [2.24, 2.45) is 0 Å². The van der Waals surface area contributed by atoms with E-state index < -0.39 is 0 Å². The van der Waals surface area contributed by atoms with E-state index in [2.05, 4.69) is 73.7 Å². The van der Waals surface area contributed by atoms with Gasteiger partial charge in [-0.05, 0) is 67.6 Å². The molecule has 0 saturated carbocycles. The van der Waals surface area contributed by atoms with Crippen molar-refractivity contribution in [3.63, 3.8) is 0 Å². The third-order valence-electron chi connectivity index (χ3n) is 5.90. The Morgan fingerprint density at radius 3 is 2.27 bits per heavy atom. The average Bonchev–Trinajstić information content (AvgIpc) is 2.69. The fraction of sp³-hybridized carbons (Fsp3) is 0.231. The third-order valence-corrected chi connectivity index (χ3v) is 5.90. The average molecular weight is 336 g/mol. The van der Waals surface area contributed by atoms with E-state index in [1.807, 2.05) is 0 Å². The molecule has 0 nitrogen and oxygen atoms in total. The molecule has 0 radical (unpaired) electrons. The van der Waals surface area contributed by atoms with Crippen LogP contribution in [0.15, 0.2) is 66.7 Å². The lowest BCUT2D eigenvalue weighted by molar-refractivity contribution is 0.668. The predicted molar refractivity (Wildman–Crippen MR) is 115 cm³/mol. The van der Waals surface area contributed by atoms with E-state index in [4.69, 9.17) is 0 Å². The van der Waals surface area contributed by atoms with Gasteiger partial charge in [0, 0.05) is 0 Å². The van der Waals surface area contributed by atoms with Gasteiger partial charge in [-0.25, -0.2) is 0 Å². The summed E-state index contributed by atoms with van der Waals surface area (Å²) >= 11 is 0. The highest BCUT2D eigenvalue weighted by molar-refractivity contribution is 6.29. The van der Waals surface area contributed by atoms with Crippen LogP contribution < -0.4 is 0 Å². The van der Waals surface area contributed by atoms with E-state index in [9.17, 15) is 0 Å². The molecule has 0 unspecified atom stereocenters. The van der Waals surface area contributed by atoms with Crippen LogP contribution in [0.5, 0.6) is 0 Å². The molecule has 0 aliphatic rings. The van der Waals surface area contributed by atoms with Gasteiger partial charge in [-0.3, -0.25) is 0 Å². The lowest BCUT2D eigenvalue weighted by atomic mass is 9.88. The standard InChI is InChI=1S/C26H24/c1-2-3-4-5-8-18-11-12-19-13-14-21-17-20-9-6-7-10-22(20)24-16-15-23(18)25(19)26(21)24/h6-7,9-17H,2-5,8H2,1H3. The Labute approximate surface area is 154 Å². The van der Waals surface area contributed by atoms with Crippen molar-refractivity contribution < 1.29 is 0 Å². The molecule has 5 aromatic rings. The van der Waals surface area contributed by atoms with Gasteiger partial charge in [0.05, 0.1) is 0 Å². The molecule has 0 amide bonds. The van der Waals surface area contributed by atoms with Crippen LogP contribution in [-0.4, -0.2) is 0 Å². The Morgan fingerprint density at radius 1 is 0.577 bits per heavy atom. The first kappa shape index (κ1) is 15.6. The van der Waals surface area contributed by atoms with Crippen LogP contribution in [0.25, 0.3) is 43.1 Å². The summed E-state index contributed by atoms with van der Waals surface area (Å²) in [5.74, 6) is 0. The van der Waals surface area contributed by atoms with Gasteiger partial charge < -0.3 is 0 Å². The first-order chi connectivity index (χ1) is 12.9. The molecule has 128 valence electrons. The maximum atomic E-state index is 2.37. The zero-order valence-electron chi connectivity index (χ0n) is 15.4. The summed E-state index contributed by atoms with van der Waals surface area (Å²) in [6, 6.07) is 25.1. The number of unbranched alkanes of at least 4 members (excludes halogenated alkanes) is 3. The minimum Gasteiger partial charge on any atom is -0.0654 e. The van der Waals surface area contributed by atoms with Crippen LogP contribution >= 0.6 is 0 Å². The molecule has 0 heteroatoms. The van der Waals surface area contributed by atoms with Crippen LogP contribution in [0.2, 0.25) is 0 Å². The summed E-state index contributed by atoms with van der Waals surface area (Å²) < 4.78 is 0. The Hall–Kier alpha value is -2.60. The van der Waals surface area contributed by atoms with Gasteiger partial charge in [-0.2, -0.15) is 0 Å². The fourth-order valence-corrected chi connectivity index (χ4v) is 4.58. The van der Waals surface area contributed by atoms with Crippen LogP contribution in [0.1, 0.15) is 38.2 Å². The number of rotatable bonds is 5. The fourth-order valence-electron chi connectivity index (χ4n) is 4.58. The summed E-state index contributed by atoms with van der Waals surface area (Å²) in [7, 11) is 0. The molecular formula is C26H24. The summed E-state index contributed by atoms with van der Waals surface area (Å²) in [4.78, 5) is 0. The highest BCUT2D eigenvalue weighted by atomic mass is 14.2. The molecule has 0 N–H and O–H groups in total. The van der Waals surface area contributed by atoms with Crippen molar-refractivity contribution in [2.45, 2.75) is 39.0 Å². The third kappa shape index (κ3) is 2.36. The molecule has 5 aromatic carbocycles. The smallest absolute Gasteiger partial charge is 0.00202 e. The second-order valence-electron chi connectivity index (χ2n) is 7.56. The molecule has 5 rings (SSSR count). The van der Waals surface area contributed by atoms with Crippen molar-refractivity contribution in [3.05, 3.63) is 72.3 Å². The number of hydrogen-bond acceptors (Lipinski definition) is 0. The number of benzene rings is 5. The quantitative estimate of drug-likeness (QED) is 0.174. The molecule has 0 atom stereocenters. The Bertz CT molecular complexity index is 1210. The lowest BCUT2D eigenvalue weighted by Crippen LogP contribution is -1.91. The monoisotopic (exact) mass is 336 g/mol. The molecule has 0 spiro atoms. The summed E-state index contributed by atoms with van der Waals surface area (Å²) in [5.41, 5.74) is 1.51. The number of fused-ring (bicyclic) bond motifs is 2. The van der Waals surface area contributed by atoms with Gasteiger partial charge in [0.15, 0.2) is 0 Å². The first-order valence-corrected chi connectivity index (χ1v) is 9.95. The molecule has 0 aromatic heterocycles. The van der Waals surface area contributed by atoms with Crippen LogP contribution in [-0.2, 0) is 6.42 Å². The van der Waals surface area contributed by atoms with Crippen LogP contribution in [0.3, 0.4) is 0 Å². The lowest BCUT2D eigenvalue weighted by Gasteiger charge is -2.15. The second kappa shape index (κ2) is 6.29. The molecule has 26 heavy (non-hydrogen) atoms. The molecule has 0 fully saturated rings. The largest absolute Gasteiger partial charge is 0.0654 e. The Morgan fingerprint density at radius 2 is 1.35 bits per heavy atom. The minimum absolute atomic E-state index is 1.19. The summed E-state index contributed by atoms with van der Waals surface area (Å²) in [6.07, 6.45) is 6.46. The molecule has 0 aliphatic heterocycles. The van der Waals surface area contributed by atoms with Crippen molar-refractivity contribution in [1.82, 2.24) is 0 Å². The van der Waals surface area contributed by atoms with Gasteiger partial charge in [-0.1, -0.05) is 86.8 Å². The van der Waals surface area contributed by atoms with Gasteiger partial charge in [0.2, 0.25) is 0 Å². The van der Waals surface area contributed by atoms with Gasteiger partial charge in [0.1, 0.15) is 0 Å². The van der Waals surface area contributed by atoms with Crippen LogP contribution in [0.4, 0.5) is 0 Å². The van der Waals surface area contributed by atoms with Crippen molar-refractivity contribution in [2.75, 3.05) is 0 Å². The Kier molecular flexibility index (Phi) is 3.78. The van der Waals surface area contributed by atoms with Crippen molar-refractivity contribution in [1.29, 1.82) is 0 Å². The van der Waals surface area contributed by atoms with Gasteiger partial charge in [-0.15, -0.1) is 0 Å². The molecular weight excluding hydrogens is 312 g/mol. The SMILES string of the molecule is CCCCCCc1ccc2ccc3cc4ccccc4c4ccc1c2c34. The molecule has 0 heterocycles. The predicted octanol–water partition coefficient (Wildman–Crippen LogP) is 7.86. The maximum absolute atomic E-state index is 2.37. The van der Waals surface area contributed by atoms with Crippen LogP contribution in [0, 0.1) is 0 Å². The normalized spacial score (nSPS) is 12.0. The number of aryl methyl sites for hydroxylation is 1. The second-order valence-corrected chi connectivity index (χ2v) is 7.56. The van der Waals surface area contributed by atoms with E-state index in [0.29, 0.717) is 0 Å². The van der Waals surface area contributed by atoms with E-state index >= 15 is 0 Å². The minimum atomic E-state index is 1.19. The van der Waals surface area contributed by atoms with Gasteiger partial charge >= 0.3 is 0 Å². The molecule has 0 aliphatic carbocycles. The van der Waals surface area contributed by atoms with E-state index in [-0.39, 0.29) is 0 Å². The number of hydrogen-bond donors (Lipinski definition) is 0. The first-order valence-electron chi connectivity index (χ1n) is 9.95. The van der Waals surface area contributed by atoms with E-state index in [1.54, 1.807) is 0 Å². The van der Waals surface area contributed by atoms with E-state index in [0.717, 1.165) is 0 Å². The highest BCUT2D eigenvalue weighted by Crippen LogP contribution is 2.39. The van der Waals surface area contributed by atoms with Crippen molar-refractivity contribution in [3.8, 4) is 0 Å². The van der Waals surface area contributed by atoms with Crippen molar-refractivity contribution >= 4 is 43.1 Å². The molecule has 0 bridgehead atoms. The molecule has 0 saturated heterocycles. The topological polar surface area (TPSA) is 0 Å². The maximum Gasteiger partial charge on any atom is -0.00202 e. The zero-order chi connectivity index (χ0) is 17.5. The summed E-state index contributed by atoms with van der Waals surface area (Å²) in [6.45, 7) is 2.28. The zero-order valence-corrected chi connectivity index (χ0v) is 15.4. The summed E-state index contributed by atoms with van der Waals surface area (Å²) in [5, 5.41) is 11.2.